The topological polar surface area (TPSA) is 73.2 Å². The molecule has 0 aliphatic heterocycles. The van der Waals surface area contributed by atoms with Crippen LogP contribution >= 0.6 is 23.4 Å². The Balaban J connectivity index is 1.64. The highest BCUT2D eigenvalue weighted by atomic mass is 35.5. The van der Waals surface area contributed by atoms with E-state index in [1.54, 1.807) is 54.4 Å². The fourth-order valence-corrected chi connectivity index (χ4v) is 4.02. The van der Waals surface area contributed by atoms with Gasteiger partial charge in [0.05, 0.1) is 22.9 Å². The van der Waals surface area contributed by atoms with Crippen molar-refractivity contribution in [3.05, 3.63) is 94.5 Å². The van der Waals surface area contributed by atoms with Gasteiger partial charge >= 0.3 is 0 Å². The van der Waals surface area contributed by atoms with Crippen LogP contribution in [0.15, 0.2) is 77.7 Å². The summed E-state index contributed by atoms with van der Waals surface area (Å²) >= 11 is 7.33. The standard InChI is InChI=1S/C24H20ClN3O2S/c1-28(15-18-7-4-8-19(25)12-18)24(30)21-10-2-3-11-22(21)31-16-23(29)27-20-9-5-6-17(13-20)14-26/h2-13H,15-16H2,1H3,(H,27,29). The molecule has 0 aliphatic carbocycles. The number of benzene rings is 3. The Morgan fingerprint density at radius 1 is 1.06 bits per heavy atom. The van der Waals surface area contributed by atoms with Gasteiger partial charge < -0.3 is 10.2 Å². The molecule has 0 saturated heterocycles. The van der Waals surface area contributed by atoms with E-state index in [2.05, 4.69) is 5.32 Å². The van der Waals surface area contributed by atoms with Crippen LogP contribution < -0.4 is 5.32 Å². The molecular formula is C24H20ClN3O2S. The molecule has 31 heavy (non-hydrogen) atoms. The largest absolute Gasteiger partial charge is 0.337 e. The van der Waals surface area contributed by atoms with E-state index >= 15 is 0 Å². The molecule has 0 radical (unpaired) electrons. The van der Waals surface area contributed by atoms with Crippen molar-refractivity contribution in [1.29, 1.82) is 5.26 Å². The lowest BCUT2D eigenvalue weighted by atomic mass is 10.1. The second-order valence-electron chi connectivity index (χ2n) is 6.82. The van der Waals surface area contributed by atoms with Gasteiger partial charge in [0.25, 0.3) is 5.91 Å². The Bertz CT molecular complexity index is 1140. The lowest BCUT2D eigenvalue weighted by molar-refractivity contribution is -0.113. The molecule has 0 unspecified atom stereocenters. The van der Waals surface area contributed by atoms with Crippen LogP contribution in [0.25, 0.3) is 0 Å². The molecule has 0 spiro atoms. The number of halogens is 1. The van der Waals surface area contributed by atoms with E-state index in [1.807, 2.05) is 36.4 Å². The van der Waals surface area contributed by atoms with E-state index in [0.717, 1.165) is 10.5 Å². The summed E-state index contributed by atoms with van der Waals surface area (Å²) in [5.74, 6) is -0.209. The Hall–Kier alpha value is -3.27. The van der Waals surface area contributed by atoms with Gasteiger partial charge in [0.1, 0.15) is 0 Å². The third kappa shape index (κ3) is 6.35. The summed E-state index contributed by atoms with van der Waals surface area (Å²) in [6.45, 7) is 0.425. The molecule has 0 fully saturated rings. The number of nitrogens with zero attached hydrogens (tertiary/aromatic N) is 2. The first-order chi connectivity index (χ1) is 15.0. The number of rotatable bonds is 7. The van der Waals surface area contributed by atoms with Crippen molar-refractivity contribution < 1.29 is 9.59 Å². The predicted octanol–water partition coefficient (Wildman–Crippen LogP) is 5.21. The van der Waals surface area contributed by atoms with Crippen molar-refractivity contribution in [2.75, 3.05) is 18.1 Å². The second kappa shape index (κ2) is 10.7. The first-order valence-electron chi connectivity index (χ1n) is 9.48. The van der Waals surface area contributed by atoms with Gasteiger partial charge in [-0.2, -0.15) is 5.26 Å². The molecule has 3 rings (SSSR count). The molecule has 2 amide bonds. The number of amides is 2. The minimum absolute atomic E-state index is 0.134. The van der Waals surface area contributed by atoms with Crippen molar-refractivity contribution in [3.63, 3.8) is 0 Å². The van der Waals surface area contributed by atoms with Crippen molar-refractivity contribution in [1.82, 2.24) is 4.90 Å². The minimum Gasteiger partial charge on any atom is -0.337 e. The zero-order valence-corrected chi connectivity index (χ0v) is 18.4. The normalized spacial score (nSPS) is 10.2. The highest BCUT2D eigenvalue weighted by molar-refractivity contribution is 8.00. The van der Waals surface area contributed by atoms with Crippen LogP contribution in [-0.2, 0) is 11.3 Å². The fraction of sp³-hybridized carbons (Fsp3) is 0.125. The fourth-order valence-electron chi connectivity index (χ4n) is 2.96. The Morgan fingerprint density at radius 2 is 1.84 bits per heavy atom. The van der Waals surface area contributed by atoms with Gasteiger partial charge in [-0.1, -0.05) is 41.9 Å². The molecule has 0 atom stereocenters. The Morgan fingerprint density at radius 3 is 2.61 bits per heavy atom. The van der Waals surface area contributed by atoms with Crippen molar-refractivity contribution in [3.8, 4) is 6.07 Å². The van der Waals surface area contributed by atoms with Crippen LogP contribution in [0.1, 0.15) is 21.5 Å². The molecular weight excluding hydrogens is 430 g/mol. The van der Waals surface area contributed by atoms with Gasteiger partial charge in [0, 0.05) is 29.2 Å². The molecule has 0 bridgehead atoms. The van der Waals surface area contributed by atoms with E-state index in [-0.39, 0.29) is 17.6 Å². The number of carbonyl (C=O) groups excluding carboxylic acids is 2. The quantitative estimate of drug-likeness (QED) is 0.502. The van der Waals surface area contributed by atoms with Crippen LogP contribution in [0, 0.1) is 11.3 Å². The van der Waals surface area contributed by atoms with E-state index in [9.17, 15) is 9.59 Å². The lowest BCUT2D eigenvalue weighted by Crippen LogP contribution is -2.26. The van der Waals surface area contributed by atoms with Gasteiger partial charge in [-0.05, 0) is 48.0 Å². The summed E-state index contributed by atoms with van der Waals surface area (Å²) in [7, 11) is 1.74. The zero-order valence-electron chi connectivity index (χ0n) is 16.8. The summed E-state index contributed by atoms with van der Waals surface area (Å²) in [5, 5.41) is 12.4. The number of thioether (sulfide) groups is 1. The first kappa shape index (κ1) is 22.4. The maximum atomic E-state index is 13.0. The van der Waals surface area contributed by atoms with Gasteiger partial charge in [-0.15, -0.1) is 11.8 Å². The molecule has 156 valence electrons. The highest BCUT2D eigenvalue weighted by Crippen LogP contribution is 2.25. The van der Waals surface area contributed by atoms with Crippen LogP contribution in [0.4, 0.5) is 5.69 Å². The molecule has 5 nitrogen and oxygen atoms in total. The number of carbonyl (C=O) groups is 2. The maximum Gasteiger partial charge on any atom is 0.255 e. The number of nitriles is 1. The van der Waals surface area contributed by atoms with E-state index in [4.69, 9.17) is 16.9 Å². The van der Waals surface area contributed by atoms with Crippen molar-refractivity contribution in [2.45, 2.75) is 11.4 Å². The summed E-state index contributed by atoms with van der Waals surface area (Å²) in [5.41, 5.74) is 2.52. The molecule has 0 heterocycles. The van der Waals surface area contributed by atoms with Crippen LogP contribution in [0.3, 0.4) is 0 Å². The van der Waals surface area contributed by atoms with Gasteiger partial charge in [-0.25, -0.2) is 0 Å². The third-order valence-electron chi connectivity index (χ3n) is 4.41. The van der Waals surface area contributed by atoms with Crippen LogP contribution in [-0.4, -0.2) is 29.5 Å². The first-order valence-corrected chi connectivity index (χ1v) is 10.8. The number of hydrogen-bond donors (Lipinski definition) is 1. The van der Waals surface area contributed by atoms with E-state index in [1.165, 1.54) is 11.8 Å². The van der Waals surface area contributed by atoms with Crippen molar-refractivity contribution in [2.24, 2.45) is 0 Å². The lowest BCUT2D eigenvalue weighted by Gasteiger charge is -2.19. The van der Waals surface area contributed by atoms with Gasteiger partial charge in [0.2, 0.25) is 5.91 Å². The van der Waals surface area contributed by atoms with Crippen LogP contribution in [0.2, 0.25) is 5.02 Å². The third-order valence-corrected chi connectivity index (χ3v) is 5.72. The Labute approximate surface area is 190 Å². The zero-order chi connectivity index (χ0) is 22.2. The summed E-state index contributed by atoms with van der Waals surface area (Å²) < 4.78 is 0. The molecule has 0 saturated carbocycles. The predicted molar refractivity (Wildman–Crippen MR) is 124 cm³/mol. The van der Waals surface area contributed by atoms with E-state index < -0.39 is 0 Å². The average Bonchev–Trinajstić information content (AvgIpc) is 2.77. The summed E-state index contributed by atoms with van der Waals surface area (Å²) in [6, 6.07) is 23.4. The number of nitrogens with one attached hydrogen (secondary N) is 1. The van der Waals surface area contributed by atoms with Crippen molar-refractivity contribution >= 4 is 40.9 Å². The van der Waals surface area contributed by atoms with Gasteiger partial charge in [-0.3, -0.25) is 9.59 Å². The molecule has 1 N–H and O–H groups in total. The molecule has 7 heteroatoms. The Kier molecular flexibility index (Phi) is 7.71. The number of anilines is 1. The van der Waals surface area contributed by atoms with Crippen LogP contribution in [0.5, 0.6) is 0 Å². The number of hydrogen-bond acceptors (Lipinski definition) is 4. The molecule has 3 aromatic rings. The average molecular weight is 450 g/mol. The van der Waals surface area contributed by atoms with E-state index in [0.29, 0.717) is 28.4 Å². The summed E-state index contributed by atoms with van der Waals surface area (Å²) in [6.07, 6.45) is 0. The smallest absolute Gasteiger partial charge is 0.255 e. The minimum atomic E-state index is -0.213. The maximum absolute atomic E-state index is 13.0. The highest BCUT2D eigenvalue weighted by Gasteiger charge is 2.17. The second-order valence-corrected chi connectivity index (χ2v) is 8.27. The molecule has 0 aromatic heterocycles. The molecule has 0 aliphatic rings. The monoisotopic (exact) mass is 449 g/mol. The summed E-state index contributed by atoms with van der Waals surface area (Å²) in [4.78, 5) is 27.7. The van der Waals surface area contributed by atoms with Gasteiger partial charge in [0.15, 0.2) is 0 Å². The SMILES string of the molecule is CN(Cc1cccc(Cl)c1)C(=O)c1ccccc1SCC(=O)Nc1cccc(C#N)c1. The molecule has 3 aromatic carbocycles.